The molecule has 0 saturated carbocycles. The van der Waals surface area contributed by atoms with Gasteiger partial charge in [-0.15, -0.1) is 0 Å². The number of carbonyl (C=O) groups is 1. The number of fused-ring (bicyclic) bond motifs is 1. The number of hydrogen-bond donors (Lipinski definition) is 2. The van der Waals surface area contributed by atoms with Crippen LogP contribution in [0.25, 0.3) is 22.0 Å². The molecule has 118 valence electrons. The van der Waals surface area contributed by atoms with E-state index in [1.807, 2.05) is 18.2 Å². The van der Waals surface area contributed by atoms with Gasteiger partial charge in [-0.05, 0) is 35.2 Å². The topological polar surface area (TPSA) is 53.1 Å². The van der Waals surface area contributed by atoms with Crippen LogP contribution >= 0.6 is 23.2 Å². The number of halogens is 2. The molecule has 1 aromatic heterocycles. The van der Waals surface area contributed by atoms with Crippen LogP contribution in [-0.4, -0.2) is 16.1 Å². The van der Waals surface area contributed by atoms with Crippen LogP contribution in [0.15, 0.2) is 36.4 Å². The number of rotatable bonds is 3. The Morgan fingerprint density at radius 2 is 1.78 bits per heavy atom. The minimum Gasteiger partial charge on any atom is -0.477 e. The summed E-state index contributed by atoms with van der Waals surface area (Å²) in [6.07, 6.45) is 0. The van der Waals surface area contributed by atoms with Crippen molar-refractivity contribution < 1.29 is 9.90 Å². The Morgan fingerprint density at radius 3 is 2.35 bits per heavy atom. The zero-order valence-electron chi connectivity index (χ0n) is 12.7. The van der Waals surface area contributed by atoms with Crippen molar-refractivity contribution in [2.24, 2.45) is 0 Å². The van der Waals surface area contributed by atoms with Gasteiger partial charge in [-0.2, -0.15) is 0 Å². The van der Waals surface area contributed by atoms with Crippen molar-refractivity contribution in [2.45, 2.75) is 19.8 Å². The molecule has 5 heteroatoms. The number of H-pyrrole nitrogens is 1. The maximum absolute atomic E-state index is 11.7. The first-order valence-electron chi connectivity index (χ1n) is 7.23. The average Bonchev–Trinajstić information content (AvgIpc) is 2.85. The molecular weight excluding hydrogens is 333 g/mol. The number of carboxylic acids is 1. The Morgan fingerprint density at radius 1 is 1.13 bits per heavy atom. The van der Waals surface area contributed by atoms with Crippen LogP contribution in [0.5, 0.6) is 0 Å². The van der Waals surface area contributed by atoms with E-state index in [0.717, 1.165) is 16.5 Å². The van der Waals surface area contributed by atoms with E-state index in [9.17, 15) is 9.90 Å². The summed E-state index contributed by atoms with van der Waals surface area (Å²) in [5, 5.41) is 11.4. The standard InChI is InChI=1S/C18H15Cl2NO2/c1-9(2)13-4-3-5-14-15(17(18(22)23)21-16(13)14)10-6-11(19)8-12(20)7-10/h3-9,21H,1-2H3,(H,22,23). The molecule has 3 nitrogen and oxygen atoms in total. The number of carboxylic acid groups (broad SMARTS) is 1. The molecule has 2 aromatic carbocycles. The molecular formula is C18H15Cl2NO2. The summed E-state index contributed by atoms with van der Waals surface area (Å²) >= 11 is 12.2. The van der Waals surface area contributed by atoms with Crippen molar-refractivity contribution in [1.82, 2.24) is 4.98 Å². The van der Waals surface area contributed by atoms with Crippen LogP contribution in [0.4, 0.5) is 0 Å². The van der Waals surface area contributed by atoms with Crippen molar-refractivity contribution in [3.8, 4) is 11.1 Å². The predicted molar refractivity (Wildman–Crippen MR) is 94.8 cm³/mol. The fourth-order valence-electron chi connectivity index (χ4n) is 2.88. The van der Waals surface area contributed by atoms with E-state index >= 15 is 0 Å². The highest BCUT2D eigenvalue weighted by Crippen LogP contribution is 2.37. The van der Waals surface area contributed by atoms with Crippen LogP contribution < -0.4 is 0 Å². The summed E-state index contributed by atoms with van der Waals surface area (Å²) in [6.45, 7) is 4.15. The molecule has 0 fully saturated rings. The van der Waals surface area contributed by atoms with Gasteiger partial charge in [-0.25, -0.2) is 4.79 Å². The van der Waals surface area contributed by atoms with Crippen molar-refractivity contribution in [2.75, 3.05) is 0 Å². The van der Waals surface area contributed by atoms with Gasteiger partial charge in [0.1, 0.15) is 5.69 Å². The Balaban J connectivity index is 2.41. The Hall–Kier alpha value is -1.97. The molecule has 0 bridgehead atoms. The summed E-state index contributed by atoms with van der Waals surface area (Å²) in [7, 11) is 0. The van der Waals surface area contributed by atoms with E-state index in [1.165, 1.54) is 0 Å². The van der Waals surface area contributed by atoms with E-state index < -0.39 is 5.97 Å². The van der Waals surface area contributed by atoms with Crippen molar-refractivity contribution in [3.05, 3.63) is 57.7 Å². The van der Waals surface area contributed by atoms with E-state index in [0.29, 0.717) is 21.2 Å². The molecule has 0 amide bonds. The fraction of sp³-hybridized carbons (Fsp3) is 0.167. The zero-order valence-corrected chi connectivity index (χ0v) is 14.2. The van der Waals surface area contributed by atoms with Crippen molar-refractivity contribution in [1.29, 1.82) is 0 Å². The molecule has 0 radical (unpaired) electrons. The molecule has 0 spiro atoms. The molecule has 23 heavy (non-hydrogen) atoms. The van der Waals surface area contributed by atoms with Gasteiger partial charge in [0.25, 0.3) is 0 Å². The van der Waals surface area contributed by atoms with E-state index in [2.05, 4.69) is 18.8 Å². The van der Waals surface area contributed by atoms with Crippen LogP contribution in [-0.2, 0) is 0 Å². The predicted octanol–water partition coefficient (Wildman–Crippen LogP) is 5.96. The third-order valence-electron chi connectivity index (χ3n) is 3.85. The SMILES string of the molecule is CC(C)c1cccc2c(-c3cc(Cl)cc(Cl)c3)c(C(=O)O)[nH]c12. The Bertz CT molecular complexity index is 893. The normalized spacial score (nSPS) is 11.3. The lowest BCUT2D eigenvalue weighted by molar-refractivity contribution is 0.0692. The van der Waals surface area contributed by atoms with E-state index in [1.54, 1.807) is 18.2 Å². The highest BCUT2D eigenvalue weighted by Gasteiger charge is 2.21. The third-order valence-corrected chi connectivity index (χ3v) is 4.29. The monoisotopic (exact) mass is 347 g/mol. The van der Waals surface area contributed by atoms with Crippen LogP contribution in [0.3, 0.4) is 0 Å². The lowest BCUT2D eigenvalue weighted by atomic mass is 9.97. The summed E-state index contributed by atoms with van der Waals surface area (Å²) < 4.78 is 0. The van der Waals surface area contributed by atoms with Gasteiger partial charge < -0.3 is 10.1 Å². The molecule has 2 N–H and O–H groups in total. The second-order valence-electron chi connectivity index (χ2n) is 5.76. The lowest BCUT2D eigenvalue weighted by Gasteiger charge is -2.07. The second-order valence-corrected chi connectivity index (χ2v) is 6.64. The van der Waals surface area contributed by atoms with Crippen molar-refractivity contribution in [3.63, 3.8) is 0 Å². The van der Waals surface area contributed by atoms with Crippen LogP contribution in [0.1, 0.15) is 35.8 Å². The number of aromatic amines is 1. The minimum absolute atomic E-state index is 0.145. The van der Waals surface area contributed by atoms with Gasteiger partial charge in [-0.1, -0.05) is 55.2 Å². The number of aromatic carboxylic acids is 1. The largest absolute Gasteiger partial charge is 0.477 e. The molecule has 0 aliphatic rings. The first-order chi connectivity index (χ1) is 10.9. The second kappa shape index (κ2) is 5.91. The van der Waals surface area contributed by atoms with E-state index in [-0.39, 0.29) is 11.6 Å². The number of benzene rings is 2. The molecule has 3 rings (SSSR count). The van der Waals surface area contributed by atoms with Gasteiger partial charge in [0.05, 0.1) is 5.52 Å². The molecule has 3 aromatic rings. The van der Waals surface area contributed by atoms with Crippen LogP contribution in [0, 0.1) is 0 Å². The summed E-state index contributed by atoms with van der Waals surface area (Å²) in [5.41, 5.74) is 3.35. The van der Waals surface area contributed by atoms with E-state index in [4.69, 9.17) is 23.2 Å². The maximum atomic E-state index is 11.7. The first kappa shape index (κ1) is 15.9. The molecule has 0 atom stereocenters. The zero-order chi connectivity index (χ0) is 16.7. The lowest BCUT2D eigenvalue weighted by Crippen LogP contribution is -1.99. The molecule has 0 aliphatic carbocycles. The first-order valence-corrected chi connectivity index (χ1v) is 7.98. The summed E-state index contributed by atoms with van der Waals surface area (Å²) in [6, 6.07) is 10.9. The minimum atomic E-state index is -1.01. The number of aromatic nitrogens is 1. The Kier molecular flexibility index (Phi) is 4.09. The number of hydrogen-bond acceptors (Lipinski definition) is 1. The van der Waals surface area contributed by atoms with Gasteiger partial charge in [0, 0.05) is 21.0 Å². The molecule has 1 heterocycles. The summed E-state index contributed by atoms with van der Waals surface area (Å²) in [4.78, 5) is 14.8. The fourth-order valence-corrected chi connectivity index (χ4v) is 3.41. The van der Waals surface area contributed by atoms with Gasteiger partial charge in [-0.3, -0.25) is 0 Å². The Labute approximate surface area is 143 Å². The average molecular weight is 348 g/mol. The number of para-hydroxylation sites is 1. The van der Waals surface area contributed by atoms with Crippen LogP contribution in [0.2, 0.25) is 10.0 Å². The highest BCUT2D eigenvalue weighted by atomic mass is 35.5. The van der Waals surface area contributed by atoms with Gasteiger partial charge in [0.15, 0.2) is 0 Å². The molecule has 0 saturated heterocycles. The smallest absolute Gasteiger partial charge is 0.352 e. The summed E-state index contributed by atoms with van der Waals surface area (Å²) in [5.74, 6) is -0.739. The molecule has 0 aliphatic heterocycles. The highest BCUT2D eigenvalue weighted by molar-refractivity contribution is 6.35. The third kappa shape index (κ3) is 2.82. The molecule has 0 unspecified atom stereocenters. The number of nitrogens with one attached hydrogen (secondary N) is 1. The van der Waals surface area contributed by atoms with Crippen molar-refractivity contribution >= 4 is 40.1 Å². The maximum Gasteiger partial charge on any atom is 0.352 e. The quantitative estimate of drug-likeness (QED) is 0.613. The van der Waals surface area contributed by atoms with Gasteiger partial charge >= 0.3 is 5.97 Å². The van der Waals surface area contributed by atoms with Gasteiger partial charge in [0.2, 0.25) is 0 Å².